The quantitative estimate of drug-likeness (QED) is 0.541. The summed E-state index contributed by atoms with van der Waals surface area (Å²) >= 11 is 9.71. The lowest BCUT2D eigenvalue weighted by atomic mass is 9.99. The molecule has 1 aliphatic rings. The number of amides is 2. The third kappa shape index (κ3) is 4.79. The number of likely N-dealkylation sites (tertiary alicyclic amines) is 1. The van der Waals surface area contributed by atoms with Gasteiger partial charge >= 0.3 is 0 Å². The molecule has 10 heteroatoms. The molecule has 3 aromatic rings. The Labute approximate surface area is 202 Å². The van der Waals surface area contributed by atoms with E-state index in [9.17, 15) is 18.8 Å². The summed E-state index contributed by atoms with van der Waals surface area (Å²) in [7, 11) is 0. The Morgan fingerprint density at radius 1 is 1.27 bits per heavy atom. The molecular weight excluding hydrogens is 515 g/mol. The molecule has 172 valence electrons. The van der Waals surface area contributed by atoms with Gasteiger partial charge in [0.2, 0.25) is 5.91 Å². The van der Waals surface area contributed by atoms with E-state index in [1.54, 1.807) is 0 Å². The molecule has 2 amide bonds. The largest absolute Gasteiger partial charge is 0.348 e. The summed E-state index contributed by atoms with van der Waals surface area (Å²) in [4.78, 5) is 44.4. The summed E-state index contributed by atoms with van der Waals surface area (Å²) in [5, 5.41) is 3.34. The standard InChI is InChI=1S/C23H21BrClFN4O3/c1-13-3-5-14(6-4-13)8-28-21(32)16-7-15-19(25)17(24)9-27-20(15)30(22(16)33)10-18(31)29-11-23(2,26)12-29/h3-7,9H,8,10-12H2,1-2H3,(H,28,32). The fraction of sp³-hybridized carbons (Fsp3) is 0.304. The molecule has 0 atom stereocenters. The molecule has 0 spiro atoms. The molecular formula is C23H21BrClFN4O3. The number of nitrogens with one attached hydrogen (secondary N) is 1. The first-order valence-electron chi connectivity index (χ1n) is 10.2. The second-order valence-corrected chi connectivity index (χ2v) is 9.67. The number of hydrogen-bond acceptors (Lipinski definition) is 4. The lowest BCUT2D eigenvalue weighted by Crippen LogP contribution is -2.60. The number of rotatable bonds is 5. The summed E-state index contributed by atoms with van der Waals surface area (Å²) in [5.41, 5.74) is -0.141. The summed E-state index contributed by atoms with van der Waals surface area (Å²) < 4.78 is 15.4. The van der Waals surface area contributed by atoms with E-state index in [2.05, 4.69) is 26.2 Å². The lowest BCUT2D eigenvalue weighted by Gasteiger charge is -2.42. The van der Waals surface area contributed by atoms with Crippen molar-refractivity contribution in [1.29, 1.82) is 0 Å². The molecule has 7 nitrogen and oxygen atoms in total. The van der Waals surface area contributed by atoms with Gasteiger partial charge in [-0.25, -0.2) is 9.37 Å². The molecule has 1 N–H and O–H groups in total. The van der Waals surface area contributed by atoms with Crippen molar-refractivity contribution in [1.82, 2.24) is 19.8 Å². The Bertz CT molecular complexity index is 1320. The van der Waals surface area contributed by atoms with Crippen LogP contribution in [0.25, 0.3) is 11.0 Å². The minimum atomic E-state index is -1.44. The summed E-state index contributed by atoms with van der Waals surface area (Å²) in [5.74, 6) is -1.04. The van der Waals surface area contributed by atoms with Crippen LogP contribution in [0.4, 0.5) is 4.39 Å². The molecule has 0 saturated carbocycles. The van der Waals surface area contributed by atoms with Gasteiger partial charge in [0.1, 0.15) is 23.4 Å². The third-order valence-corrected chi connectivity index (χ3v) is 6.75. The number of nitrogens with zero attached hydrogens (tertiary/aromatic N) is 3. The van der Waals surface area contributed by atoms with Crippen LogP contribution in [0.15, 0.2) is 45.8 Å². The first-order chi connectivity index (χ1) is 15.6. The van der Waals surface area contributed by atoms with E-state index in [4.69, 9.17) is 11.6 Å². The monoisotopic (exact) mass is 534 g/mol. The summed E-state index contributed by atoms with van der Waals surface area (Å²) in [6, 6.07) is 9.01. The van der Waals surface area contributed by atoms with Crippen LogP contribution in [0, 0.1) is 6.92 Å². The van der Waals surface area contributed by atoms with Crippen molar-refractivity contribution in [3.63, 3.8) is 0 Å². The number of carbonyl (C=O) groups is 2. The van der Waals surface area contributed by atoms with Crippen LogP contribution in [0.1, 0.15) is 28.4 Å². The van der Waals surface area contributed by atoms with Gasteiger partial charge in [-0.05, 0) is 41.4 Å². The zero-order chi connectivity index (χ0) is 23.9. The lowest BCUT2D eigenvalue weighted by molar-refractivity contribution is -0.144. The Morgan fingerprint density at radius 2 is 1.94 bits per heavy atom. The fourth-order valence-corrected chi connectivity index (χ4v) is 4.22. The van der Waals surface area contributed by atoms with E-state index in [1.807, 2.05) is 31.2 Å². The molecule has 33 heavy (non-hydrogen) atoms. The number of fused-ring (bicyclic) bond motifs is 1. The highest BCUT2D eigenvalue weighted by molar-refractivity contribution is 9.10. The molecule has 0 bridgehead atoms. The normalized spacial score (nSPS) is 14.8. The van der Waals surface area contributed by atoms with E-state index < -0.39 is 23.0 Å². The number of aryl methyl sites for hydroxylation is 1. The van der Waals surface area contributed by atoms with Gasteiger partial charge in [-0.3, -0.25) is 19.0 Å². The molecule has 2 aromatic heterocycles. The van der Waals surface area contributed by atoms with E-state index in [-0.39, 0.29) is 42.4 Å². The first kappa shape index (κ1) is 23.4. The van der Waals surface area contributed by atoms with Crippen LogP contribution >= 0.6 is 27.5 Å². The van der Waals surface area contributed by atoms with Crippen LogP contribution in [-0.4, -0.2) is 45.0 Å². The molecule has 1 aromatic carbocycles. The number of carbonyl (C=O) groups excluding carboxylic acids is 2. The third-order valence-electron chi connectivity index (χ3n) is 5.51. The van der Waals surface area contributed by atoms with Crippen molar-refractivity contribution in [3.8, 4) is 0 Å². The predicted octanol–water partition coefficient (Wildman–Crippen LogP) is 3.62. The van der Waals surface area contributed by atoms with Gasteiger partial charge in [0.05, 0.1) is 22.6 Å². The zero-order valence-electron chi connectivity index (χ0n) is 18.0. The average molecular weight is 536 g/mol. The summed E-state index contributed by atoms with van der Waals surface area (Å²) in [6.45, 7) is 3.13. The Balaban J connectivity index is 1.69. The SMILES string of the molecule is Cc1ccc(CNC(=O)c2cc3c(Cl)c(Br)cnc3n(CC(=O)N3CC(C)(F)C3)c2=O)cc1. The highest BCUT2D eigenvalue weighted by Gasteiger charge is 2.41. The molecule has 3 heterocycles. The van der Waals surface area contributed by atoms with E-state index in [1.165, 1.54) is 24.1 Å². The van der Waals surface area contributed by atoms with Gasteiger partial charge in [-0.2, -0.15) is 0 Å². The molecule has 0 radical (unpaired) electrons. The topological polar surface area (TPSA) is 84.3 Å². The number of halogens is 3. The molecule has 1 aliphatic heterocycles. The highest BCUT2D eigenvalue weighted by atomic mass is 79.9. The maximum Gasteiger partial charge on any atom is 0.265 e. The van der Waals surface area contributed by atoms with Crippen molar-refractivity contribution in [2.45, 2.75) is 32.6 Å². The van der Waals surface area contributed by atoms with Crippen molar-refractivity contribution in [3.05, 3.63) is 73.1 Å². The molecule has 0 aliphatic carbocycles. The van der Waals surface area contributed by atoms with Crippen LogP contribution in [0.2, 0.25) is 5.02 Å². The number of aromatic nitrogens is 2. The minimum absolute atomic E-state index is 0.0467. The minimum Gasteiger partial charge on any atom is -0.348 e. The van der Waals surface area contributed by atoms with Crippen LogP contribution < -0.4 is 10.9 Å². The Morgan fingerprint density at radius 3 is 2.58 bits per heavy atom. The van der Waals surface area contributed by atoms with Crippen molar-refractivity contribution >= 4 is 50.4 Å². The van der Waals surface area contributed by atoms with E-state index in [0.29, 0.717) is 9.86 Å². The van der Waals surface area contributed by atoms with Crippen molar-refractivity contribution in [2.24, 2.45) is 0 Å². The van der Waals surface area contributed by atoms with Gasteiger partial charge in [0.25, 0.3) is 11.5 Å². The van der Waals surface area contributed by atoms with Crippen LogP contribution in [0.3, 0.4) is 0 Å². The zero-order valence-corrected chi connectivity index (χ0v) is 20.3. The Hall–Kier alpha value is -2.78. The molecule has 4 rings (SSSR count). The number of hydrogen-bond donors (Lipinski definition) is 1. The predicted molar refractivity (Wildman–Crippen MR) is 127 cm³/mol. The van der Waals surface area contributed by atoms with Gasteiger partial charge in [0, 0.05) is 18.1 Å². The van der Waals surface area contributed by atoms with E-state index >= 15 is 0 Å². The van der Waals surface area contributed by atoms with Gasteiger partial charge in [-0.1, -0.05) is 41.4 Å². The second-order valence-electron chi connectivity index (χ2n) is 8.44. The average Bonchev–Trinajstić information content (AvgIpc) is 2.75. The number of pyridine rings is 2. The molecule has 1 fully saturated rings. The summed E-state index contributed by atoms with van der Waals surface area (Å²) in [6.07, 6.45) is 1.42. The number of alkyl halides is 1. The van der Waals surface area contributed by atoms with Gasteiger partial charge < -0.3 is 10.2 Å². The molecule has 1 saturated heterocycles. The van der Waals surface area contributed by atoms with Crippen LogP contribution in [-0.2, 0) is 17.9 Å². The smallest absolute Gasteiger partial charge is 0.265 e. The van der Waals surface area contributed by atoms with E-state index in [0.717, 1.165) is 15.7 Å². The van der Waals surface area contributed by atoms with Gasteiger partial charge in [0.15, 0.2) is 0 Å². The van der Waals surface area contributed by atoms with Crippen molar-refractivity contribution < 1.29 is 14.0 Å². The first-order valence-corrected chi connectivity index (χ1v) is 11.4. The number of benzene rings is 1. The second kappa shape index (κ2) is 8.87. The van der Waals surface area contributed by atoms with Gasteiger partial charge in [-0.15, -0.1) is 0 Å². The highest BCUT2D eigenvalue weighted by Crippen LogP contribution is 2.30. The Kier molecular flexibility index (Phi) is 6.28. The molecule has 0 unspecified atom stereocenters. The maximum atomic E-state index is 13.9. The van der Waals surface area contributed by atoms with Crippen LogP contribution in [0.5, 0.6) is 0 Å². The fourth-order valence-electron chi connectivity index (χ4n) is 3.72. The maximum absolute atomic E-state index is 13.9. The van der Waals surface area contributed by atoms with Crippen molar-refractivity contribution in [2.75, 3.05) is 13.1 Å².